The molecule has 0 spiro atoms. The molecule has 0 saturated heterocycles. The van der Waals surface area contributed by atoms with Gasteiger partial charge in [0.2, 0.25) is 5.96 Å². The fourth-order valence-electron chi connectivity index (χ4n) is 1.07. The Kier molecular flexibility index (Phi) is 4.39. The first-order chi connectivity index (χ1) is 8.13. The lowest BCUT2D eigenvalue weighted by Gasteiger charge is -2.05. The number of guanidine groups is 2. The van der Waals surface area contributed by atoms with E-state index in [-0.39, 0.29) is 18.5 Å². The fraction of sp³-hybridized carbons (Fsp3) is 0.0909. The lowest BCUT2D eigenvalue weighted by molar-refractivity contribution is 0.371. The van der Waals surface area contributed by atoms with E-state index in [0.29, 0.717) is 11.4 Å². The molecular formula is C11H13N5O. The van der Waals surface area contributed by atoms with Gasteiger partial charge in [0.25, 0.3) is 0 Å². The smallest absolute Gasteiger partial charge is 0.223 e. The molecule has 0 atom stereocenters. The molecule has 1 rings (SSSR count). The van der Waals surface area contributed by atoms with Crippen LogP contribution in [0, 0.1) is 12.3 Å². The summed E-state index contributed by atoms with van der Waals surface area (Å²) in [7, 11) is 0. The first kappa shape index (κ1) is 12.4. The summed E-state index contributed by atoms with van der Waals surface area (Å²) in [4.78, 5) is 7.60. The van der Waals surface area contributed by atoms with E-state index in [1.165, 1.54) is 0 Å². The number of hydrogen-bond donors (Lipinski definition) is 3. The summed E-state index contributed by atoms with van der Waals surface area (Å²) in [6.07, 6.45) is 5.10. The van der Waals surface area contributed by atoms with Crippen molar-refractivity contribution in [2.24, 2.45) is 27.2 Å². The zero-order valence-corrected chi connectivity index (χ0v) is 9.13. The minimum atomic E-state index is -0.159. The molecule has 6 N–H and O–H groups in total. The van der Waals surface area contributed by atoms with Gasteiger partial charge in [0.1, 0.15) is 18.0 Å². The number of benzene rings is 1. The number of ether oxygens (including phenoxy) is 1. The van der Waals surface area contributed by atoms with E-state index < -0.39 is 0 Å². The van der Waals surface area contributed by atoms with E-state index in [9.17, 15) is 0 Å². The normalized spacial score (nSPS) is 10.4. The Morgan fingerprint density at radius 2 is 2.00 bits per heavy atom. The molecule has 0 saturated carbocycles. The van der Waals surface area contributed by atoms with E-state index >= 15 is 0 Å². The second-order valence-corrected chi connectivity index (χ2v) is 2.97. The van der Waals surface area contributed by atoms with Crippen LogP contribution < -0.4 is 21.9 Å². The number of nitrogens with two attached hydrogens (primary N) is 3. The van der Waals surface area contributed by atoms with Crippen LogP contribution in [0.3, 0.4) is 0 Å². The van der Waals surface area contributed by atoms with Crippen LogP contribution in [0.25, 0.3) is 0 Å². The average molecular weight is 231 g/mol. The van der Waals surface area contributed by atoms with E-state index in [0.717, 1.165) is 0 Å². The Labute approximate surface area is 99.2 Å². The molecule has 0 bridgehead atoms. The third-order valence-electron chi connectivity index (χ3n) is 1.65. The Hall–Kier alpha value is -2.68. The van der Waals surface area contributed by atoms with E-state index in [1.807, 2.05) is 0 Å². The SMILES string of the molecule is C#CCOc1ccccc1N=C(N)N=C(N)N. The number of rotatable bonds is 3. The van der Waals surface area contributed by atoms with Crippen molar-refractivity contribution in [3.05, 3.63) is 24.3 Å². The molecule has 0 heterocycles. The van der Waals surface area contributed by atoms with Crippen LogP contribution in [0.1, 0.15) is 0 Å². The number of aliphatic imine (C=N–C) groups is 2. The quantitative estimate of drug-likeness (QED) is 0.383. The summed E-state index contributed by atoms with van der Waals surface area (Å²) in [6.45, 7) is 0.148. The van der Waals surface area contributed by atoms with Crippen LogP contribution in [0.4, 0.5) is 5.69 Å². The monoisotopic (exact) mass is 231 g/mol. The van der Waals surface area contributed by atoms with Gasteiger partial charge in [-0.05, 0) is 12.1 Å². The number of hydrogen-bond acceptors (Lipinski definition) is 2. The van der Waals surface area contributed by atoms with Gasteiger partial charge in [0.05, 0.1) is 0 Å². The van der Waals surface area contributed by atoms with Crippen LogP contribution >= 0.6 is 0 Å². The summed E-state index contributed by atoms with van der Waals surface area (Å²) in [6, 6.07) is 7.01. The Morgan fingerprint density at radius 1 is 1.29 bits per heavy atom. The summed E-state index contributed by atoms with van der Waals surface area (Å²) in [5.74, 6) is 2.66. The van der Waals surface area contributed by atoms with Gasteiger partial charge in [-0.25, -0.2) is 4.99 Å². The molecule has 0 fully saturated rings. The summed E-state index contributed by atoms with van der Waals surface area (Å²) in [5.41, 5.74) is 16.4. The first-order valence-electron chi connectivity index (χ1n) is 4.72. The maximum atomic E-state index is 5.51. The Bertz CT molecular complexity index is 483. The maximum Gasteiger partial charge on any atom is 0.223 e. The van der Waals surface area contributed by atoms with Crippen molar-refractivity contribution >= 4 is 17.6 Å². The highest BCUT2D eigenvalue weighted by molar-refractivity contribution is 5.93. The van der Waals surface area contributed by atoms with Gasteiger partial charge in [-0.3, -0.25) is 0 Å². The number of terminal acetylenes is 1. The molecule has 0 aromatic heterocycles. The highest BCUT2D eigenvalue weighted by Crippen LogP contribution is 2.26. The van der Waals surface area contributed by atoms with Gasteiger partial charge in [-0.2, -0.15) is 4.99 Å². The van der Waals surface area contributed by atoms with Crippen molar-refractivity contribution in [3.63, 3.8) is 0 Å². The molecule has 0 unspecified atom stereocenters. The molecule has 1 aromatic carbocycles. The first-order valence-corrected chi connectivity index (χ1v) is 4.72. The molecular weight excluding hydrogens is 218 g/mol. The van der Waals surface area contributed by atoms with E-state index in [2.05, 4.69) is 15.9 Å². The molecule has 0 aliphatic carbocycles. The molecule has 6 nitrogen and oxygen atoms in total. The van der Waals surface area contributed by atoms with Gasteiger partial charge < -0.3 is 21.9 Å². The third-order valence-corrected chi connectivity index (χ3v) is 1.65. The van der Waals surface area contributed by atoms with Crippen LogP contribution in [-0.4, -0.2) is 18.5 Å². The summed E-state index contributed by atoms with van der Waals surface area (Å²) in [5, 5.41) is 0. The minimum Gasteiger partial charge on any atom is -0.479 e. The largest absolute Gasteiger partial charge is 0.479 e. The molecule has 0 radical (unpaired) electrons. The van der Waals surface area contributed by atoms with Gasteiger partial charge in [0.15, 0.2) is 5.96 Å². The zero-order valence-electron chi connectivity index (χ0n) is 9.13. The van der Waals surface area contributed by atoms with Gasteiger partial charge in [0, 0.05) is 0 Å². The number of nitrogens with zero attached hydrogens (tertiary/aromatic N) is 2. The zero-order chi connectivity index (χ0) is 12.7. The molecule has 1 aromatic rings. The van der Waals surface area contributed by atoms with Crippen molar-refractivity contribution in [1.82, 2.24) is 0 Å². The highest BCUT2D eigenvalue weighted by atomic mass is 16.5. The fourth-order valence-corrected chi connectivity index (χ4v) is 1.07. The van der Waals surface area contributed by atoms with Crippen LogP contribution in [0.5, 0.6) is 5.75 Å². The van der Waals surface area contributed by atoms with Gasteiger partial charge >= 0.3 is 0 Å². The molecule has 17 heavy (non-hydrogen) atoms. The second-order valence-electron chi connectivity index (χ2n) is 2.97. The Morgan fingerprint density at radius 3 is 2.65 bits per heavy atom. The molecule has 0 aliphatic rings. The molecule has 88 valence electrons. The standard InChI is InChI=1S/C11H13N5O/c1-2-7-17-9-6-4-3-5-8(9)15-11(14)16-10(12)13/h1,3-6H,7H2,(H6,12,13,14,15,16). The Balaban J connectivity index is 2.98. The van der Waals surface area contributed by atoms with Crippen molar-refractivity contribution < 1.29 is 4.74 Å². The van der Waals surface area contributed by atoms with Crippen molar-refractivity contribution in [1.29, 1.82) is 0 Å². The molecule has 0 amide bonds. The van der Waals surface area contributed by atoms with Crippen LogP contribution in [-0.2, 0) is 0 Å². The lowest BCUT2D eigenvalue weighted by atomic mass is 10.3. The number of para-hydroxylation sites is 2. The molecule has 6 heteroatoms. The van der Waals surface area contributed by atoms with Crippen molar-refractivity contribution in [3.8, 4) is 18.1 Å². The minimum absolute atomic E-state index is 0.0539. The topological polar surface area (TPSA) is 112 Å². The average Bonchev–Trinajstić information content (AvgIpc) is 2.26. The predicted octanol–water partition coefficient (Wildman–Crippen LogP) is -0.0818. The van der Waals surface area contributed by atoms with Gasteiger partial charge in [-0.1, -0.05) is 18.1 Å². The maximum absolute atomic E-state index is 5.51. The van der Waals surface area contributed by atoms with Crippen molar-refractivity contribution in [2.45, 2.75) is 0 Å². The summed E-state index contributed by atoms with van der Waals surface area (Å²) >= 11 is 0. The van der Waals surface area contributed by atoms with Gasteiger partial charge in [-0.15, -0.1) is 6.42 Å². The van der Waals surface area contributed by atoms with Crippen molar-refractivity contribution in [2.75, 3.05) is 6.61 Å². The van der Waals surface area contributed by atoms with E-state index in [1.54, 1.807) is 24.3 Å². The van der Waals surface area contributed by atoms with Crippen LogP contribution in [0.15, 0.2) is 34.3 Å². The highest BCUT2D eigenvalue weighted by Gasteiger charge is 2.01. The van der Waals surface area contributed by atoms with E-state index in [4.69, 9.17) is 28.4 Å². The second kappa shape index (κ2) is 6.02. The third kappa shape index (κ3) is 4.13. The predicted molar refractivity (Wildman–Crippen MR) is 67.9 cm³/mol. The lowest BCUT2D eigenvalue weighted by Crippen LogP contribution is -2.26. The summed E-state index contributed by atoms with van der Waals surface area (Å²) < 4.78 is 5.28. The van der Waals surface area contributed by atoms with Crippen LogP contribution in [0.2, 0.25) is 0 Å². The molecule has 0 aliphatic heterocycles.